The summed E-state index contributed by atoms with van der Waals surface area (Å²) in [5, 5.41) is 2.81. The van der Waals surface area contributed by atoms with Crippen LogP contribution in [0.15, 0.2) is 40.9 Å². The van der Waals surface area contributed by atoms with Crippen LogP contribution in [0.25, 0.3) is 11.1 Å². The van der Waals surface area contributed by atoms with Crippen LogP contribution >= 0.6 is 23.7 Å². The van der Waals surface area contributed by atoms with Crippen molar-refractivity contribution in [3.63, 3.8) is 0 Å². The van der Waals surface area contributed by atoms with Crippen molar-refractivity contribution in [3.8, 4) is 11.1 Å². The second-order valence-electron chi connectivity index (χ2n) is 5.20. The summed E-state index contributed by atoms with van der Waals surface area (Å²) in [6, 6.07) is 11.0. The molecule has 126 valence electrons. The van der Waals surface area contributed by atoms with Crippen LogP contribution in [-0.2, 0) is 13.6 Å². The molecule has 0 aromatic heterocycles. The Bertz CT molecular complexity index is 842. The molecule has 5 nitrogen and oxygen atoms in total. The minimum Gasteiger partial charge on any atom is -0.293 e. The largest absolute Gasteiger partial charge is 0.432 e. The molecule has 0 amide bonds. The van der Waals surface area contributed by atoms with Gasteiger partial charge >= 0.3 is 7.75 Å². The van der Waals surface area contributed by atoms with Crippen molar-refractivity contribution in [3.05, 3.63) is 52.0 Å². The van der Waals surface area contributed by atoms with Gasteiger partial charge in [0.25, 0.3) is 0 Å². The Labute approximate surface area is 149 Å². The number of anilines is 1. The highest BCUT2D eigenvalue weighted by Gasteiger charge is 2.30. The molecule has 1 aliphatic rings. The molecule has 1 aliphatic carbocycles. The Balaban J connectivity index is 2.02. The van der Waals surface area contributed by atoms with Crippen LogP contribution in [0.2, 0.25) is 0 Å². The maximum absolute atomic E-state index is 12.7. The van der Waals surface area contributed by atoms with Crippen molar-refractivity contribution in [2.75, 3.05) is 18.3 Å². The summed E-state index contributed by atoms with van der Waals surface area (Å²) in [7, 11) is -3.48. The number of carbonyl (C=O) groups excluding carboxylic acids is 1. The van der Waals surface area contributed by atoms with Crippen molar-refractivity contribution in [2.24, 2.45) is 0 Å². The molecule has 2 aromatic rings. The molecule has 7 heteroatoms. The van der Waals surface area contributed by atoms with Crippen molar-refractivity contribution < 1.29 is 18.4 Å². The highest BCUT2D eigenvalue weighted by atomic mass is 79.9. The van der Waals surface area contributed by atoms with Gasteiger partial charge in [-0.15, -0.1) is 0 Å². The summed E-state index contributed by atoms with van der Waals surface area (Å²) in [5.41, 5.74) is 3.51. The molecule has 0 saturated carbocycles. The van der Waals surface area contributed by atoms with Crippen LogP contribution in [0.4, 0.5) is 5.69 Å². The highest BCUT2D eigenvalue weighted by molar-refractivity contribution is 9.10. The van der Waals surface area contributed by atoms with Crippen molar-refractivity contribution in [1.29, 1.82) is 0 Å². The number of hydrogen-bond acceptors (Lipinski definition) is 4. The van der Waals surface area contributed by atoms with E-state index < -0.39 is 7.75 Å². The molecular weight excluding hydrogens is 393 g/mol. The first-order valence-corrected chi connectivity index (χ1v) is 9.97. The summed E-state index contributed by atoms with van der Waals surface area (Å²) >= 11 is 3.47. The van der Waals surface area contributed by atoms with E-state index in [0.29, 0.717) is 21.3 Å². The molecule has 0 heterocycles. The third-order valence-electron chi connectivity index (χ3n) is 3.67. The van der Waals surface area contributed by atoms with Crippen molar-refractivity contribution in [2.45, 2.75) is 13.8 Å². The smallest absolute Gasteiger partial charge is 0.293 e. The van der Waals surface area contributed by atoms with Gasteiger partial charge in [0.05, 0.1) is 18.9 Å². The summed E-state index contributed by atoms with van der Waals surface area (Å²) in [6.45, 7) is 3.98. The minimum atomic E-state index is -3.48. The molecule has 0 unspecified atom stereocenters. The predicted octanol–water partition coefficient (Wildman–Crippen LogP) is 5.25. The van der Waals surface area contributed by atoms with Gasteiger partial charge in [-0.1, -0.05) is 24.3 Å². The van der Waals surface area contributed by atoms with Gasteiger partial charge in [0, 0.05) is 15.6 Å². The Hall–Kier alpha value is -1.46. The van der Waals surface area contributed by atoms with Crippen molar-refractivity contribution >= 4 is 35.1 Å². The van der Waals surface area contributed by atoms with Crippen LogP contribution in [-0.4, -0.2) is 19.0 Å². The van der Waals surface area contributed by atoms with Crippen molar-refractivity contribution in [1.82, 2.24) is 0 Å². The Morgan fingerprint density at radius 1 is 1.00 bits per heavy atom. The average molecular weight is 410 g/mol. The van der Waals surface area contributed by atoms with E-state index in [1.807, 2.05) is 30.3 Å². The second kappa shape index (κ2) is 6.81. The first-order chi connectivity index (χ1) is 11.5. The first-order valence-electron chi connectivity index (χ1n) is 7.64. The van der Waals surface area contributed by atoms with Gasteiger partial charge in [-0.25, -0.2) is 4.57 Å². The van der Waals surface area contributed by atoms with Gasteiger partial charge in [-0.2, -0.15) is 0 Å². The van der Waals surface area contributed by atoms with Crippen LogP contribution in [0.5, 0.6) is 0 Å². The third kappa shape index (κ3) is 3.07. The molecule has 3 rings (SSSR count). The fraction of sp³-hybridized carbons (Fsp3) is 0.235. The number of benzene rings is 2. The Morgan fingerprint density at radius 3 is 2.25 bits per heavy atom. The van der Waals surface area contributed by atoms with Crippen LogP contribution in [0.3, 0.4) is 0 Å². The maximum Gasteiger partial charge on any atom is 0.432 e. The van der Waals surface area contributed by atoms with E-state index in [1.54, 1.807) is 19.9 Å². The number of rotatable bonds is 6. The first kappa shape index (κ1) is 17.4. The molecule has 0 spiro atoms. The molecule has 24 heavy (non-hydrogen) atoms. The van der Waals surface area contributed by atoms with Gasteiger partial charge in [-0.3, -0.25) is 18.9 Å². The van der Waals surface area contributed by atoms with Crippen LogP contribution in [0.1, 0.15) is 29.8 Å². The highest BCUT2D eigenvalue weighted by Crippen LogP contribution is 2.50. The molecule has 0 bridgehead atoms. The van der Waals surface area contributed by atoms with E-state index in [-0.39, 0.29) is 19.0 Å². The fourth-order valence-corrected chi connectivity index (χ4v) is 4.68. The van der Waals surface area contributed by atoms with Gasteiger partial charge in [-0.05, 0) is 53.0 Å². The van der Waals surface area contributed by atoms with E-state index in [1.165, 1.54) is 0 Å². The normalized spacial score (nSPS) is 12.9. The zero-order valence-corrected chi connectivity index (χ0v) is 15.8. The molecule has 0 saturated heterocycles. The number of hydrogen-bond donors (Lipinski definition) is 1. The van der Waals surface area contributed by atoms with E-state index in [0.717, 1.165) is 11.1 Å². The summed E-state index contributed by atoms with van der Waals surface area (Å²) in [6.07, 6.45) is 0. The zero-order chi connectivity index (χ0) is 17.3. The number of fused-ring (bicyclic) bond motifs is 3. The van der Waals surface area contributed by atoms with E-state index in [4.69, 9.17) is 9.05 Å². The third-order valence-corrected chi connectivity index (χ3v) is 6.04. The molecule has 0 aliphatic heterocycles. The summed E-state index contributed by atoms with van der Waals surface area (Å²) in [4.78, 5) is 12.6. The van der Waals surface area contributed by atoms with E-state index in [9.17, 15) is 9.36 Å². The van der Waals surface area contributed by atoms with Crippen LogP contribution in [0, 0.1) is 0 Å². The van der Waals surface area contributed by atoms with Gasteiger partial charge in [0.2, 0.25) is 0 Å². The number of carbonyl (C=O) groups is 1. The number of halogens is 1. The van der Waals surface area contributed by atoms with E-state index in [2.05, 4.69) is 21.0 Å². The molecular formula is C17H17BrNO4P. The maximum atomic E-state index is 12.7. The topological polar surface area (TPSA) is 64.6 Å². The van der Waals surface area contributed by atoms with Gasteiger partial charge in [0.1, 0.15) is 0 Å². The molecule has 0 atom stereocenters. The lowest BCUT2D eigenvalue weighted by molar-refractivity contribution is 0.104. The lowest BCUT2D eigenvalue weighted by Crippen LogP contribution is -2.06. The predicted molar refractivity (Wildman–Crippen MR) is 97.5 cm³/mol. The monoisotopic (exact) mass is 409 g/mol. The molecule has 2 aromatic carbocycles. The fourth-order valence-electron chi connectivity index (χ4n) is 2.72. The summed E-state index contributed by atoms with van der Waals surface area (Å²) in [5.74, 6) is -0.0428. The summed E-state index contributed by atoms with van der Waals surface area (Å²) < 4.78 is 23.9. The Morgan fingerprint density at radius 2 is 1.62 bits per heavy atom. The van der Waals surface area contributed by atoms with E-state index >= 15 is 0 Å². The molecule has 1 N–H and O–H groups in total. The van der Waals surface area contributed by atoms with Gasteiger partial charge in [0.15, 0.2) is 5.78 Å². The lowest BCUT2D eigenvalue weighted by Gasteiger charge is -2.20. The number of ketones is 1. The quantitative estimate of drug-likeness (QED) is 0.562. The molecule has 0 radical (unpaired) electrons. The molecule has 0 fully saturated rings. The second-order valence-corrected chi connectivity index (χ2v) is 7.79. The number of nitrogens with one attached hydrogen (secondary N) is 1. The SMILES string of the molecule is CCOP(=O)(Nc1cc2c(cc1Br)-c1ccccc1C2=O)OCC. The minimum absolute atomic E-state index is 0.0428. The standard InChI is InChI=1S/C17H17BrNO4P/c1-3-22-24(21,23-4-2)19-16-10-14-13(9-15(16)18)11-7-5-6-8-12(11)17(14)20/h5-10H,3-4H2,1-2H3,(H,19,21). The zero-order valence-electron chi connectivity index (χ0n) is 13.3. The van der Waals surface area contributed by atoms with Crippen LogP contribution < -0.4 is 5.09 Å². The lowest BCUT2D eigenvalue weighted by atomic mass is 10.1. The Kier molecular flexibility index (Phi) is 4.92. The average Bonchev–Trinajstić information content (AvgIpc) is 2.81. The van der Waals surface area contributed by atoms with Gasteiger partial charge < -0.3 is 0 Å².